The quantitative estimate of drug-likeness (QED) is 0.667. The van der Waals surface area contributed by atoms with Crippen molar-refractivity contribution in [1.82, 2.24) is 9.97 Å². The Morgan fingerprint density at radius 1 is 1.29 bits per heavy atom. The van der Waals surface area contributed by atoms with Crippen molar-refractivity contribution in [2.45, 2.75) is 32.2 Å². The Labute approximate surface area is 125 Å². The van der Waals surface area contributed by atoms with Crippen LogP contribution in [0.15, 0.2) is 36.4 Å². The van der Waals surface area contributed by atoms with Gasteiger partial charge in [0, 0.05) is 24.2 Å². The van der Waals surface area contributed by atoms with Crippen LogP contribution in [0.3, 0.4) is 0 Å². The zero-order valence-electron chi connectivity index (χ0n) is 12.3. The van der Waals surface area contributed by atoms with E-state index in [1.807, 2.05) is 36.4 Å². The van der Waals surface area contributed by atoms with Crippen LogP contribution in [0.25, 0.3) is 11.4 Å². The molecule has 5 nitrogen and oxygen atoms in total. The highest BCUT2D eigenvalue weighted by atomic mass is 15.3. The van der Waals surface area contributed by atoms with Crippen LogP contribution in [0.2, 0.25) is 0 Å². The summed E-state index contributed by atoms with van der Waals surface area (Å²) in [6.45, 7) is 3.28. The number of nitrogens with zero attached hydrogens (tertiary/aromatic N) is 3. The molecule has 0 aliphatic carbocycles. The molecule has 1 atom stereocenters. The second-order valence-electron chi connectivity index (χ2n) is 5.34. The maximum Gasteiger partial charge on any atom is 0.163 e. The number of rotatable bonds is 4. The van der Waals surface area contributed by atoms with E-state index >= 15 is 0 Å². The van der Waals surface area contributed by atoms with Crippen LogP contribution in [0.1, 0.15) is 26.2 Å². The Bertz CT molecular complexity index is 599. The van der Waals surface area contributed by atoms with Crippen molar-refractivity contribution < 1.29 is 0 Å². The Kier molecular flexibility index (Phi) is 4.01. The van der Waals surface area contributed by atoms with Gasteiger partial charge in [0.25, 0.3) is 0 Å². The Morgan fingerprint density at radius 2 is 2.10 bits per heavy atom. The number of nitrogens with one attached hydrogen (secondary N) is 1. The van der Waals surface area contributed by atoms with Gasteiger partial charge in [-0.1, -0.05) is 37.3 Å². The van der Waals surface area contributed by atoms with Gasteiger partial charge in [0.1, 0.15) is 11.6 Å². The van der Waals surface area contributed by atoms with Crippen LogP contribution in [0.4, 0.5) is 11.6 Å². The minimum absolute atomic E-state index is 0.564. The van der Waals surface area contributed by atoms with Crippen molar-refractivity contribution in [1.29, 1.82) is 0 Å². The fourth-order valence-electron chi connectivity index (χ4n) is 2.93. The predicted molar refractivity (Wildman–Crippen MR) is 85.9 cm³/mol. The van der Waals surface area contributed by atoms with Gasteiger partial charge in [-0.2, -0.15) is 0 Å². The lowest BCUT2D eigenvalue weighted by atomic mass is 10.1. The number of hydrazine groups is 1. The van der Waals surface area contributed by atoms with Gasteiger partial charge in [-0.15, -0.1) is 0 Å². The summed E-state index contributed by atoms with van der Waals surface area (Å²) in [4.78, 5) is 11.6. The summed E-state index contributed by atoms with van der Waals surface area (Å²) in [5.41, 5.74) is 3.66. The average Bonchev–Trinajstić information content (AvgIpc) is 3.04. The van der Waals surface area contributed by atoms with E-state index in [1.165, 1.54) is 12.8 Å². The van der Waals surface area contributed by atoms with Crippen molar-refractivity contribution in [2.24, 2.45) is 5.84 Å². The molecule has 1 fully saturated rings. The number of hydrogen-bond donors (Lipinski definition) is 2. The van der Waals surface area contributed by atoms with E-state index in [4.69, 9.17) is 10.8 Å². The Morgan fingerprint density at radius 3 is 2.81 bits per heavy atom. The summed E-state index contributed by atoms with van der Waals surface area (Å²) < 4.78 is 0. The molecule has 2 aromatic rings. The number of hydrogen-bond acceptors (Lipinski definition) is 5. The van der Waals surface area contributed by atoms with Crippen LogP contribution in [-0.2, 0) is 0 Å². The second-order valence-corrected chi connectivity index (χ2v) is 5.34. The van der Waals surface area contributed by atoms with E-state index < -0.39 is 0 Å². The van der Waals surface area contributed by atoms with Crippen LogP contribution >= 0.6 is 0 Å². The molecule has 1 aromatic carbocycles. The fraction of sp³-hybridized carbons (Fsp3) is 0.375. The molecule has 0 spiro atoms. The normalized spacial score (nSPS) is 18.0. The van der Waals surface area contributed by atoms with Crippen LogP contribution in [-0.4, -0.2) is 22.6 Å². The first-order valence-electron chi connectivity index (χ1n) is 7.49. The molecule has 3 rings (SSSR count). The SMILES string of the molecule is CCC1CCCN1c1cc(NN)nc(-c2ccccc2)n1. The van der Waals surface area contributed by atoms with Crippen molar-refractivity contribution >= 4 is 11.6 Å². The first-order chi connectivity index (χ1) is 10.3. The van der Waals surface area contributed by atoms with Crippen LogP contribution in [0, 0.1) is 0 Å². The highest BCUT2D eigenvalue weighted by Gasteiger charge is 2.25. The summed E-state index contributed by atoms with van der Waals surface area (Å²) in [7, 11) is 0. The van der Waals surface area contributed by atoms with Crippen LogP contribution < -0.4 is 16.2 Å². The van der Waals surface area contributed by atoms with E-state index in [1.54, 1.807) is 0 Å². The molecule has 0 amide bonds. The van der Waals surface area contributed by atoms with Crippen molar-refractivity contribution in [2.75, 3.05) is 16.9 Å². The zero-order chi connectivity index (χ0) is 14.7. The maximum absolute atomic E-state index is 5.57. The minimum Gasteiger partial charge on any atom is -0.353 e. The molecular formula is C16H21N5. The number of anilines is 2. The average molecular weight is 283 g/mol. The summed E-state index contributed by atoms with van der Waals surface area (Å²) in [6, 6.07) is 12.5. The minimum atomic E-state index is 0.564. The molecule has 0 radical (unpaired) electrons. The fourth-order valence-corrected chi connectivity index (χ4v) is 2.93. The van der Waals surface area contributed by atoms with Gasteiger partial charge < -0.3 is 10.3 Å². The number of nitrogens with two attached hydrogens (primary N) is 1. The van der Waals surface area contributed by atoms with E-state index in [0.717, 1.165) is 24.3 Å². The molecule has 110 valence electrons. The van der Waals surface area contributed by atoms with E-state index in [0.29, 0.717) is 17.7 Å². The lowest BCUT2D eigenvalue weighted by Gasteiger charge is -2.25. The van der Waals surface area contributed by atoms with Crippen molar-refractivity contribution in [3.63, 3.8) is 0 Å². The van der Waals surface area contributed by atoms with Crippen LogP contribution in [0.5, 0.6) is 0 Å². The van der Waals surface area contributed by atoms with Crippen molar-refractivity contribution in [3.05, 3.63) is 36.4 Å². The molecule has 0 bridgehead atoms. The standard InChI is InChI=1S/C16H21N5/c1-2-13-9-6-10-21(13)15-11-14(20-17)18-16(19-15)12-7-4-3-5-8-12/h3-5,7-8,11,13H,2,6,9-10,17H2,1H3,(H,18,19,20). The van der Waals surface area contributed by atoms with Gasteiger partial charge in [0.2, 0.25) is 0 Å². The lowest BCUT2D eigenvalue weighted by molar-refractivity contribution is 0.640. The van der Waals surface area contributed by atoms with E-state index in [9.17, 15) is 0 Å². The molecule has 1 aromatic heterocycles. The number of benzene rings is 1. The lowest BCUT2D eigenvalue weighted by Crippen LogP contribution is -2.29. The summed E-state index contributed by atoms with van der Waals surface area (Å²) in [5.74, 6) is 7.90. The monoisotopic (exact) mass is 283 g/mol. The van der Waals surface area contributed by atoms with Crippen molar-refractivity contribution in [3.8, 4) is 11.4 Å². The van der Waals surface area contributed by atoms with Gasteiger partial charge in [-0.05, 0) is 19.3 Å². The van der Waals surface area contributed by atoms with E-state index in [2.05, 4.69) is 22.2 Å². The zero-order valence-corrected chi connectivity index (χ0v) is 12.3. The first-order valence-corrected chi connectivity index (χ1v) is 7.49. The molecular weight excluding hydrogens is 262 g/mol. The molecule has 1 aliphatic heterocycles. The summed E-state index contributed by atoms with van der Waals surface area (Å²) in [6.07, 6.45) is 3.58. The van der Waals surface area contributed by atoms with Gasteiger partial charge in [-0.25, -0.2) is 15.8 Å². The largest absolute Gasteiger partial charge is 0.353 e. The molecule has 0 saturated carbocycles. The number of nitrogen functional groups attached to an aromatic ring is 1. The predicted octanol–water partition coefficient (Wildman–Crippen LogP) is 2.81. The summed E-state index contributed by atoms with van der Waals surface area (Å²) >= 11 is 0. The second kappa shape index (κ2) is 6.10. The highest BCUT2D eigenvalue weighted by molar-refractivity contribution is 5.61. The molecule has 1 unspecified atom stereocenters. The van der Waals surface area contributed by atoms with E-state index in [-0.39, 0.29) is 0 Å². The molecule has 5 heteroatoms. The molecule has 3 N–H and O–H groups in total. The highest BCUT2D eigenvalue weighted by Crippen LogP contribution is 2.29. The topological polar surface area (TPSA) is 67.1 Å². The summed E-state index contributed by atoms with van der Waals surface area (Å²) in [5, 5.41) is 0. The van der Waals surface area contributed by atoms with Gasteiger partial charge in [0.15, 0.2) is 5.82 Å². The first kappa shape index (κ1) is 13.8. The molecule has 1 aliphatic rings. The third kappa shape index (κ3) is 2.83. The Balaban J connectivity index is 2.01. The third-order valence-corrected chi connectivity index (χ3v) is 4.04. The Hall–Kier alpha value is -2.14. The molecule has 21 heavy (non-hydrogen) atoms. The number of aromatic nitrogens is 2. The van der Waals surface area contributed by atoms with Gasteiger partial charge >= 0.3 is 0 Å². The molecule has 1 saturated heterocycles. The third-order valence-electron chi connectivity index (χ3n) is 4.04. The molecule has 2 heterocycles. The van der Waals surface area contributed by atoms with Gasteiger partial charge in [0.05, 0.1) is 0 Å². The smallest absolute Gasteiger partial charge is 0.163 e. The van der Waals surface area contributed by atoms with Gasteiger partial charge in [-0.3, -0.25) is 0 Å². The maximum atomic E-state index is 5.57.